The lowest BCUT2D eigenvalue weighted by atomic mass is 10.0. The van der Waals surface area contributed by atoms with Crippen molar-refractivity contribution >= 4 is 33.9 Å². The molecule has 6 N–H and O–H groups in total. The van der Waals surface area contributed by atoms with Crippen molar-refractivity contribution in [1.29, 1.82) is 0 Å². The molecule has 0 unspecified atom stereocenters. The van der Waals surface area contributed by atoms with E-state index in [1.807, 2.05) is 18.2 Å². The summed E-state index contributed by atoms with van der Waals surface area (Å²) in [5, 5.41) is 17.6. The van der Waals surface area contributed by atoms with Crippen LogP contribution >= 0.6 is 0 Å². The lowest BCUT2D eigenvalue weighted by Gasteiger charge is -2.10. The van der Waals surface area contributed by atoms with Crippen LogP contribution in [0.2, 0.25) is 0 Å². The summed E-state index contributed by atoms with van der Waals surface area (Å²) in [4.78, 5) is 16.3. The second-order valence-electron chi connectivity index (χ2n) is 5.53. The third-order valence-electron chi connectivity index (χ3n) is 3.66. The maximum atomic E-state index is 12.3. The summed E-state index contributed by atoms with van der Waals surface area (Å²) in [6.45, 7) is 0. The Morgan fingerprint density at radius 3 is 2.52 bits per heavy atom. The zero-order chi connectivity index (χ0) is 19.2. The summed E-state index contributed by atoms with van der Waals surface area (Å²) in [5.74, 6) is -0.264. The van der Waals surface area contributed by atoms with Gasteiger partial charge in [-0.15, -0.1) is 0 Å². The molecule has 0 saturated heterocycles. The minimum absolute atomic E-state index is 0.122. The Morgan fingerprint density at radius 2 is 1.89 bits per heavy atom. The van der Waals surface area contributed by atoms with Crippen molar-refractivity contribution < 1.29 is 14.4 Å². The van der Waals surface area contributed by atoms with Crippen molar-refractivity contribution in [3.8, 4) is 5.75 Å². The second-order valence-corrected chi connectivity index (χ2v) is 5.53. The number of benzene rings is 2. The molecule has 0 aliphatic carbocycles. The number of pyridine rings is 1. The number of phenols is 1. The van der Waals surface area contributed by atoms with E-state index in [9.17, 15) is 9.90 Å². The number of hydrogen-bond donors (Lipinski definition) is 4. The molecule has 0 atom stereocenters. The van der Waals surface area contributed by atoms with Gasteiger partial charge in [-0.25, -0.2) is 4.98 Å². The molecule has 1 amide bonds. The molecule has 0 aliphatic rings. The number of fused-ring (bicyclic) bond motifs is 1. The number of amides is 1. The van der Waals surface area contributed by atoms with Crippen molar-refractivity contribution in [1.82, 2.24) is 10.1 Å². The molecule has 2 aromatic heterocycles. The number of aromatic nitrogens is 2. The fourth-order valence-corrected chi connectivity index (χ4v) is 2.37. The number of hydrogen-bond acceptors (Lipinski definition) is 7. The Balaban J connectivity index is 0.000000299. The minimum atomic E-state index is -0.455. The zero-order valence-corrected chi connectivity index (χ0v) is 14.2. The highest BCUT2D eigenvalue weighted by molar-refractivity contribution is 6.11. The zero-order valence-electron chi connectivity index (χ0n) is 14.2. The number of nitrogens with two attached hydrogens (primary N) is 2. The molecule has 2 heterocycles. The number of nitrogens with one attached hydrogen (secondary N) is 1. The van der Waals surface area contributed by atoms with E-state index in [1.54, 1.807) is 36.5 Å². The van der Waals surface area contributed by atoms with Crippen LogP contribution in [0.4, 0.5) is 17.2 Å². The van der Waals surface area contributed by atoms with E-state index in [4.69, 9.17) is 11.5 Å². The number of aromatic hydroxyl groups is 1. The fourth-order valence-electron chi connectivity index (χ4n) is 2.37. The minimum Gasteiger partial charge on any atom is -0.505 e. The number of rotatable bonds is 2. The Kier molecular flexibility index (Phi) is 5.17. The molecule has 0 aliphatic heterocycles. The number of anilines is 3. The number of nitrogen functional groups attached to an aromatic ring is 2. The summed E-state index contributed by atoms with van der Waals surface area (Å²) >= 11 is 0. The van der Waals surface area contributed by atoms with E-state index >= 15 is 0 Å². The van der Waals surface area contributed by atoms with Crippen molar-refractivity contribution in [3.05, 3.63) is 72.8 Å². The number of nitrogens with zero attached hydrogens (tertiary/aromatic N) is 2. The van der Waals surface area contributed by atoms with E-state index in [-0.39, 0.29) is 17.0 Å². The molecule has 0 radical (unpaired) electrons. The highest BCUT2D eigenvalue weighted by Gasteiger charge is 2.16. The van der Waals surface area contributed by atoms with Crippen LogP contribution in [-0.4, -0.2) is 21.2 Å². The highest BCUT2D eigenvalue weighted by atomic mass is 16.5. The van der Waals surface area contributed by atoms with Gasteiger partial charge in [-0.05, 0) is 23.6 Å². The first-order chi connectivity index (χ1) is 13.1. The quantitative estimate of drug-likeness (QED) is 0.317. The van der Waals surface area contributed by atoms with Crippen molar-refractivity contribution in [2.45, 2.75) is 0 Å². The molecule has 27 heavy (non-hydrogen) atoms. The average molecular weight is 363 g/mol. The molecule has 8 heteroatoms. The van der Waals surface area contributed by atoms with Crippen LogP contribution in [0.1, 0.15) is 10.4 Å². The van der Waals surface area contributed by atoms with Crippen LogP contribution in [0.15, 0.2) is 71.7 Å². The first kappa shape index (κ1) is 17.7. The molecule has 0 bridgehead atoms. The van der Waals surface area contributed by atoms with Gasteiger partial charge < -0.3 is 26.4 Å². The summed E-state index contributed by atoms with van der Waals surface area (Å²) in [6.07, 6.45) is 4.39. The molecule has 136 valence electrons. The van der Waals surface area contributed by atoms with E-state index < -0.39 is 5.91 Å². The van der Waals surface area contributed by atoms with E-state index in [0.29, 0.717) is 16.9 Å². The number of phenolic OH excluding ortho intramolecular Hbond substituents is 1. The van der Waals surface area contributed by atoms with Gasteiger partial charge in [0.25, 0.3) is 5.91 Å². The van der Waals surface area contributed by atoms with Gasteiger partial charge >= 0.3 is 0 Å². The maximum Gasteiger partial charge on any atom is 0.260 e. The summed E-state index contributed by atoms with van der Waals surface area (Å²) in [5.41, 5.74) is 11.9. The lowest BCUT2D eigenvalue weighted by Crippen LogP contribution is -2.13. The molecule has 0 saturated carbocycles. The molecule has 2 aromatic carbocycles. The van der Waals surface area contributed by atoms with Gasteiger partial charge in [-0.2, -0.15) is 0 Å². The summed E-state index contributed by atoms with van der Waals surface area (Å²) in [7, 11) is 0. The predicted octanol–water partition coefficient (Wildman–Crippen LogP) is 3.03. The molecule has 0 spiro atoms. The molecule has 4 aromatic rings. The van der Waals surface area contributed by atoms with E-state index in [2.05, 4.69) is 20.0 Å². The summed E-state index contributed by atoms with van der Waals surface area (Å²) < 4.78 is 4.34. The standard InChI is InChI=1S/C16H13N3O2.C3H4N2O/c17-14-11-6-2-1-5-10(11)9-12(15(14)20)16(21)19-13-7-3-4-8-18-13;4-3-1-5-6-2-3/h1-9,20H,17H2,(H,18,19,21);1-2H,4H2. The van der Waals surface area contributed by atoms with Crippen LogP contribution in [0.3, 0.4) is 0 Å². The average Bonchev–Trinajstić information content (AvgIpc) is 3.17. The Labute approximate surface area is 154 Å². The topological polar surface area (TPSA) is 140 Å². The van der Waals surface area contributed by atoms with Crippen LogP contribution in [0.5, 0.6) is 5.75 Å². The lowest BCUT2D eigenvalue weighted by molar-refractivity contribution is 0.102. The Bertz CT molecular complexity index is 1050. The van der Waals surface area contributed by atoms with Crippen molar-refractivity contribution in [2.75, 3.05) is 16.8 Å². The molecular formula is C19H17N5O3. The van der Waals surface area contributed by atoms with Gasteiger partial charge in [0.15, 0.2) is 5.75 Å². The number of carbonyl (C=O) groups is 1. The molecular weight excluding hydrogens is 346 g/mol. The van der Waals surface area contributed by atoms with Crippen molar-refractivity contribution in [2.24, 2.45) is 0 Å². The first-order valence-corrected chi connectivity index (χ1v) is 7.93. The smallest absolute Gasteiger partial charge is 0.260 e. The third-order valence-corrected chi connectivity index (χ3v) is 3.66. The fraction of sp³-hybridized carbons (Fsp3) is 0. The molecule has 4 rings (SSSR count). The van der Waals surface area contributed by atoms with Gasteiger partial charge in [0.1, 0.15) is 12.1 Å². The SMILES string of the molecule is Nc1c(O)c(C(=O)Nc2ccccn2)cc2ccccc12.Nc1cnoc1. The highest BCUT2D eigenvalue weighted by Crippen LogP contribution is 2.33. The molecule has 8 nitrogen and oxygen atoms in total. The van der Waals surface area contributed by atoms with Gasteiger partial charge in [-0.1, -0.05) is 35.5 Å². The Morgan fingerprint density at radius 1 is 1.11 bits per heavy atom. The predicted molar refractivity (Wildman–Crippen MR) is 103 cm³/mol. The van der Waals surface area contributed by atoms with Crippen LogP contribution in [0.25, 0.3) is 10.8 Å². The van der Waals surface area contributed by atoms with Gasteiger partial charge in [0.2, 0.25) is 0 Å². The number of carbonyl (C=O) groups excluding carboxylic acids is 1. The third kappa shape index (κ3) is 4.13. The van der Waals surface area contributed by atoms with Gasteiger partial charge in [0.05, 0.1) is 23.1 Å². The van der Waals surface area contributed by atoms with E-state index in [0.717, 1.165) is 5.39 Å². The van der Waals surface area contributed by atoms with Crippen LogP contribution in [-0.2, 0) is 0 Å². The van der Waals surface area contributed by atoms with E-state index in [1.165, 1.54) is 12.5 Å². The van der Waals surface area contributed by atoms with Crippen molar-refractivity contribution in [3.63, 3.8) is 0 Å². The van der Waals surface area contributed by atoms with Crippen LogP contribution in [0, 0.1) is 0 Å². The summed E-state index contributed by atoms with van der Waals surface area (Å²) in [6, 6.07) is 14.1. The largest absolute Gasteiger partial charge is 0.505 e. The van der Waals surface area contributed by atoms with Crippen LogP contribution < -0.4 is 16.8 Å². The monoisotopic (exact) mass is 363 g/mol. The first-order valence-electron chi connectivity index (χ1n) is 7.93. The maximum absolute atomic E-state index is 12.3. The second kappa shape index (κ2) is 7.87. The Hall–Kier alpha value is -4.07. The van der Waals surface area contributed by atoms with Gasteiger partial charge in [0, 0.05) is 11.6 Å². The molecule has 0 fully saturated rings. The normalized spacial score (nSPS) is 10.1. The van der Waals surface area contributed by atoms with Gasteiger partial charge in [-0.3, -0.25) is 4.79 Å².